The van der Waals surface area contributed by atoms with Crippen LogP contribution in [0.15, 0.2) is 59.3 Å². The second-order valence-corrected chi connectivity index (χ2v) is 13.9. The highest BCUT2D eigenvalue weighted by atomic mass is 16.5. The third-order valence-corrected chi connectivity index (χ3v) is 10.1. The molecule has 5 aliphatic rings. The number of benzene rings is 2. The number of hydrogen-bond donors (Lipinski definition) is 0. The normalized spacial score (nSPS) is 26.2. The molecule has 3 nitrogen and oxygen atoms in total. The summed E-state index contributed by atoms with van der Waals surface area (Å²) in [7, 11) is 0. The van der Waals surface area contributed by atoms with Crippen LogP contribution in [0.4, 0.5) is 11.4 Å². The predicted octanol–water partition coefficient (Wildman–Crippen LogP) is 7.86. The van der Waals surface area contributed by atoms with Crippen LogP contribution in [0.5, 0.6) is 0 Å². The molecule has 0 amide bonds. The maximum absolute atomic E-state index is 7.02. The molecule has 0 N–H and O–H groups in total. The largest absolute Gasteiger partial charge is 0.365 e. The van der Waals surface area contributed by atoms with Crippen molar-refractivity contribution in [3.63, 3.8) is 0 Å². The van der Waals surface area contributed by atoms with E-state index < -0.39 is 0 Å². The van der Waals surface area contributed by atoms with Gasteiger partial charge in [-0.1, -0.05) is 59.7 Å². The van der Waals surface area contributed by atoms with Crippen molar-refractivity contribution in [2.75, 3.05) is 18.0 Å². The van der Waals surface area contributed by atoms with Crippen LogP contribution in [0.3, 0.4) is 0 Å². The standard InChI is InChI=1S/C35H43N2O/c1-20(2)22-9-11-28-26(17-22)34(5,6)32-24-19-25-31(38-30(24)13-15-36(28)32)14-16-37-29-12-10-23(21(3)4)18-27(29)35(7,8)33(25)37/h9-12,17-21,30-31H,13-16H2,1-8H3/q+1. The molecule has 2 atom stereocenters. The van der Waals surface area contributed by atoms with Crippen LogP contribution < -0.4 is 4.90 Å². The van der Waals surface area contributed by atoms with Crippen molar-refractivity contribution in [2.24, 2.45) is 0 Å². The molecular weight excluding hydrogens is 464 g/mol. The Hall–Kier alpha value is -2.65. The Balaban J connectivity index is 1.40. The number of nitrogens with zero attached hydrogens (tertiary/aromatic N) is 2. The number of ether oxygens (including phenoxy) is 1. The van der Waals surface area contributed by atoms with Gasteiger partial charge in [-0.2, -0.15) is 4.58 Å². The molecule has 198 valence electrons. The zero-order chi connectivity index (χ0) is 26.7. The maximum atomic E-state index is 7.02. The number of fused-ring (bicyclic) bond motifs is 8. The van der Waals surface area contributed by atoms with Gasteiger partial charge in [0.2, 0.25) is 5.69 Å². The monoisotopic (exact) mass is 507 g/mol. The first-order valence-corrected chi connectivity index (χ1v) is 14.8. The molecule has 0 bridgehead atoms. The summed E-state index contributed by atoms with van der Waals surface area (Å²) in [5.74, 6) is 1.07. The van der Waals surface area contributed by atoms with E-state index in [-0.39, 0.29) is 23.0 Å². The smallest absolute Gasteiger partial charge is 0.209 e. The van der Waals surface area contributed by atoms with E-state index in [1.807, 2.05) is 0 Å². The molecule has 0 aromatic heterocycles. The average molecular weight is 508 g/mol. The first-order valence-electron chi connectivity index (χ1n) is 14.8. The van der Waals surface area contributed by atoms with Crippen LogP contribution in [0.2, 0.25) is 0 Å². The second-order valence-electron chi connectivity index (χ2n) is 13.9. The highest BCUT2D eigenvalue weighted by molar-refractivity contribution is 6.08. The Morgan fingerprint density at radius 3 is 2.24 bits per heavy atom. The minimum Gasteiger partial charge on any atom is -0.365 e. The van der Waals surface area contributed by atoms with Gasteiger partial charge in [0.1, 0.15) is 0 Å². The van der Waals surface area contributed by atoms with Crippen molar-refractivity contribution in [3.05, 3.63) is 81.6 Å². The van der Waals surface area contributed by atoms with Crippen LogP contribution in [0.25, 0.3) is 0 Å². The lowest BCUT2D eigenvalue weighted by atomic mass is 9.73. The molecule has 2 unspecified atom stereocenters. The third-order valence-electron chi connectivity index (χ3n) is 10.1. The van der Waals surface area contributed by atoms with E-state index in [1.54, 1.807) is 0 Å². The number of rotatable bonds is 2. The topological polar surface area (TPSA) is 15.5 Å². The van der Waals surface area contributed by atoms with Gasteiger partial charge < -0.3 is 9.64 Å². The molecule has 3 heteroatoms. The van der Waals surface area contributed by atoms with Crippen LogP contribution in [0.1, 0.15) is 102 Å². The quantitative estimate of drug-likeness (QED) is 0.384. The van der Waals surface area contributed by atoms with Gasteiger partial charge >= 0.3 is 0 Å². The van der Waals surface area contributed by atoms with Gasteiger partial charge in [0.15, 0.2) is 12.3 Å². The van der Waals surface area contributed by atoms with Crippen LogP contribution >= 0.6 is 0 Å². The summed E-state index contributed by atoms with van der Waals surface area (Å²) in [5, 5.41) is 0. The van der Waals surface area contributed by atoms with E-state index in [9.17, 15) is 0 Å². The Bertz CT molecular complexity index is 1460. The average Bonchev–Trinajstić information content (AvgIpc) is 3.26. The SMILES string of the molecule is CC(C)c1ccc2c(c1)C(C)(C)C1=C3C=C4C5=[N+](CCC4OC3CCN12)c1ccc(C(C)C)cc1C5(C)C. The minimum atomic E-state index is -0.0408. The summed E-state index contributed by atoms with van der Waals surface area (Å²) in [6.45, 7) is 21.0. The molecule has 38 heavy (non-hydrogen) atoms. The van der Waals surface area contributed by atoms with E-state index in [0.29, 0.717) is 11.8 Å². The van der Waals surface area contributed by atoms with Gasteiger partial charge in [-0.3, -0.25) is 0 Å². The molecule has 0 fully saturated rings. The lowest BCUT2D eigenvalue weighted by Gasteiger charge is -2.42. The fraction of sp³-hybridized carbons (Fsp3) is 0.514. The molecule has 0 spiro atoms. The molecule has 5 heterocycles. The Labute approximate surface area is 228 Å². The zero-order valence-electron chi connectivity index (χ0n) is 24.5. The van der Waals surface area contributed by atoms with Crippen molar-refractivity contribution in [1.82, 2.24) is 0 Å². The first-order chi connectivity index (χ1) is 18.0. The second kappa shape index (κ2) is 7.94. The Kier molecular flexibility index (Phi) is 5.10. The van der Waals surface area contributed by atoms with Gasteiger partial charge in [-0.05, 0) is 67.0 Å². The fourth-order valence-electron chi connectivity index (χ4n) is 8.05. The number of hydrogen-bond acceptors (Lipinski definition) is 2. The van der Waals surface area contributed by atoms with E-state index >= 15 is 0 Å². The highest BCUT2D eigenvalue weighted by Crippen LogP contribution is 2.54. The minimum absolute atomic E-state index is 0.0408. The highest BCUT2D eigenvalue weighted by Gasteiger charge is 2.54. The van der Waals surface area contributed by atoms with Crippen molar-refractivity contribution in [2.45, 2.75) is 103 Å². The van der Waals surface area contributed by atoms with E-state index in [2.05, 4.69) is 107 Å². The van der Waals surface area contributed by atoms with Gasteiger partial charge in [0.05, 0.1) is 17.6 Å². The maximum Gasteiger partial charge on any atom is 0.209 e. The van der Waals surface area contributed by atoms with Crippen molar-refractivity contribution in [1.29, 1.82) is 0 Å². The Morgan fingerprint density at radius 2 is 1.53 bits per heavy atom. The van der Waals surface area contributed by atoms with Gasteiger partial charge in [0, 0.05) is 52.5 Å². The van der Waals surface area contributed by atoms with Crippen molar-refractivity contribution in [3.8, 4) is 0 Å². The molecule has 0 saturated heterocycles. The molecular formula is C35H43N2O+. The van der Waals surface area contributed by atoms with Crippen LogP contribution in [-0.4, -0.2) is 35.6 Å². The van der Waals surface area contributed by atoms with E-state index in [0.717, 1.165) is 25.9 Å². The van der Waals surface area contributed by atoms with Gasteiger partial charge in [-0.15, -0.1) is 0 Å². The molecule has 7 rings (SSSR count). The summed E-state index contributed by atoms with van der Waals surface area (Å²) in [6, 6.07) is 14.4. The van der Waals surface area contributed by atoms with E-state index in [4.69, 9.17) is 4.74 Å². The number of allylic oxidation sites excluding steroid dienone is 1. The molecule has 0 radical (unpaired) electrons. The zero-order valence-corrected chi connectivity index (χ0v) is 24.5. The van der Waals surface area contributed by atoms with Crippen molar-refractivity contribution < 1.29 is 9.31 Å². The molecule has 2 aromatic carbocycles. The van der Waals surface area contributed by atoms with Crippen LogP contribution in [-0.2, 0) is 15.6 Å². The first kappa shape index (κ1) is 24.4. The lowest BCUT2D eigenvalue weighted by Crippen LogP contribution is -2.47. The summed E-state index contributed by atoms with van der Waals surface area (Å²) in [5.41, 5.74) is 14.3. The summed E-state index contributed by atoms with van der Waals surface area (Å²) in [6.07, 6.45) is 5.08. The lowest BCUT2D eigenvalue weighted by molar-refractivity contribution is -0.445. The van der Waals surface area contributed by atoms with Gasteiger partial charge in [0.25, 0.3) is 0 Å². The van der Waals surface area contributed by atoms with Crippen LogP contribution in [0, 0.1) is 0 Å². The van der Waals surface area contributed by atoms with E-state index in [1.165, 1.54) is 56.2 Å². The summed E-state index contributed by atoms with van der Waals surface area (Å²) in [4.78, 5) is 2.61. The third kappa shape index (κ3) is 3.14. The summed E-state index contributed by atoms with van der Waals surface area (Å²) < 4.78 is 9.63. The van der Waals surface area contributed by atoms with Crippen molar-refractivity contribution >= 4 is 17.1 Å². The number of anilines is 1. The molecule has 0 saturated carbocycles. The fourth-order valence-corrected chi connectivity index (χ4v) is 8.05. The predicted molar refractivity (Wildman–Crippen MR) is 157 cm³/mol. The molecule has 0 aliphatic carbocycles. The molecule has 5 aliphatic heterocycles. The molecule has 2 aromatic rings. The summed E-state index contributed by atoms with van der Waals surface area (Å²) >= 11 is 0. The Morgan fingerprint density at radius 1 is 0.842 bits per heavy atom. The van der Waals surface area contributed by atoms with Gasteiger partial charge in [-0.25, -0.2) is 0 Å².